The maximum absolute atomic E-state index is 13.1. The third kappa shape index (κ3) is 7.15. The Bertz CT molecular complexity index is 915. The van der Waals surface area contributed by atoms with Crippen molar-refractivity contribution in [2.45, 2.75) is 59.2 Å². The van der Waals surface area contributed by atoms with Crippen LogP contribution < -0.4 is 10.1 Å². The molecule has 0 fully saturated rings. The van der Waals surface area contributed by atoms with Crippen molar-refractivity contribution in [3.05, 3.63) is 63.6 Å². The Morgan fingerprint density at radius 2 is 1.68 bits per heavy atom. The second-order valence-electron chi connectivity index (χ2n) is 8.09. The number of rotatable bonds is 9. The smallest absolute Gasteiger partial charge is 0.261 e. The topological polar surface area (TPSA) is 58.6 Å². The van der Waals surface area contributed by atoms with Crippen LogP contribution in [0.15, 0.2) is 42.5 Å². The molecule has 1 atom stereocenters. The number of ether oxygens (including phenoxy) is 1. The molecule has 168 valence electrons. The number of hydrogen-bond acceptors (Lipinski definition) is 3. The molecule has 2 aromatic carbocycles. The second kappa shape index (κ2) is 11.4. The molecule has 0 aliphatic carbocycles. The predicted molar refractivity (Wildman–Crippen MR) is 126 cm³/mol. The normalized spacial score (nSPS) is 12.0. The van der Waals surface area contributed by atoms with Crippen molar-refractivity contribution in [1.29, 1.82) is 0 Å². The molecule has 2 amide bonds. The fourth-order valence-electron chi connectivity index (χ4n) is 3.13. The summed E-state index contributed by atoms with van der Waals surface area (Å²) in [6, 6.07) is 12.1. The summed E-state index contributed by atoms with van der Waals surface area (Å²) in [7, 11) is 0. The number of carbonyl (C=O) groups is 2. The lowest BCUT2D eigenvalue weighted by Gasteiger charge is -2.29. The average molecular weight is 465 g/mol. The van der Waals surface area contributed by atoms with Gasteiger partial charge in [0.25, 0.3) is 5.91 Å². The molecular formula is C24H30Cl2N2O3. The predicted octanol–water partition coefficient (Wildman–Crippen LogP) is 5.44. The van der Waals surface area contributed by atoms with Gasteiger partial charge in [-0.2, -0.15) is 0 Å². The molecule has 0 aliphatic heterocycles. The highest BCUT2D eigenvalue weighted by Crippen LogP contribution is 2.26. The summed E-state index contributed by atoms with van der Waals surface area (Å²) in [6.45, 7) is 9.62. The van der Waals surface area contributed by atoms with Gasteiger partial charge in [0.2, 0.25) is 5.91 Å². The minimum Gasteiger partial charge on any atom is -0.483 e. The van der Waals surface area contributed by atoms with E-state index < -0.39 is 6.04 Å². The number of nitrogens with one attached hydrogen (secondary N) is 1. The first kappa shape index (κ1) is 25.0. The van der Waals surface area contributed by atoms with Crippen LogP contribution in [0.25, 0.3) is 0 Å². The lowest BCUT2D eigenvalue weighted by atomic mass is 10.0. The lowest BCUT2D eigenvalue weighted by molar-refractivity contribution is -0.142. The van der Waals surface area contributed by atoms with E-state index in [4.69, 9.17) is 27.9 Å². The van der Waals surface area contributed by atoms with Gasteiger partial charge in [-0.1, -0.05) is 61.3 Å². The summed E-state index contributed by atoms with van der Waals surface area (Å²) in [5, 5.41) is 3.69. The number of carbonyl (C=O) groups excluding carboxylic acids is 2. The van der Waals surface area contributed by atoms with Crippen molar-refractivity contribution in [3.8, 4) is 5.75 Å². The largest absolute Gasteiger partial charge is 0.483 e. The summed E-state index contributed by atoms with van der Waals surface area (Å²) in [4.78, 5) is 27.3. The van der Waals surface area contributed by atoms with E-state index in [0.29, 0.717) is 15.8 Å². The highest BCUT2D eigenvalue weighted by Gasteiger charge is 2.27. The van der Waals surface area contributed by atoms with Crippen LogP contribution in [-0.4, -0.2) is 35.4 Å². The van der Waals surface area contributed by atoms with Gasteiger partial charge in [0.1, 0.15) is 11.8 Å². The Kier molecular flexibility index (Phi) is 9.20. The van der Waals surface area contributed by atoms with Crippen LogP contribution in [0.4, 0.5) is 0 Å². The van der Waals surface area contributed by atoms with Gasteiger partial charge in [0, 0.05) is 12.6 Å². The molecule has 2 aromatic rings. The molecule has 31 heavy (non-hydrogen) atoms. The molecule has 7 heteroatoms. The van der Waals surface area contributed by atoms with Crippen molar-refractivity contribution >= 4 is 35.0 Å². The molecule has 5 nitrogen and oxygen atoms in total. The van der Waals surface area contributed by atoms with Crippen molar-refractivity contribution in [3.63, 3.8) is 0 Å². The van der Waals surface area contributed by atoms with E-state index in [2.05, 4.69) is 19.2 Å². The minimum absolute atomic E-state index is 0.0361. The SMILES string of the molecule is CC(C)NC(=O)[C@@H](C)N(Cc1ccc(Cl)c(Cl)c1)C(=O)COc1ccccc1C(C)C. The summed E-state index contributed by atoms with van der Waals surface area (Å²) in [6.07, 6.45) is 0. The molecule has 0 aromatic heterocycles. The molecule has 2 rings (SSSR count). The zero-order valence-electron chi connectivity index (χ0n) is 18.6. The molecule has 0 bridgehead atoms. The van der Waals surface area contributed by atoms with Gasteiger partial charge in [0.05, 0.1) is 10.0 Å². The fraction of sp³-hybridized carbons (Fsp3) is 0.417. The van der Waals surface area contributed by atoms with Gasteiger partial charge in [-0.05, 0) is 56.0 Å². The highest BCUT2D eigenvalue weighted by molar-refractivity contribution is 6.42. The minimum atomic E-state index is -0.687. The summed E-state index contributed by atoms with van der Waals surface area (Å²) in [5.74, 6) is 0.399. The maximum Gasteiger partial charge on any atom is 0.261 e. The first-order chi connectivity index (χ1) is 14.6. The van der Waals surface area contributed by atoms with Gasteiger partial charge in [-0.15, -0.1) is 0 Å². The standard InChI is InChI=1S/C24H30Cl2N2O3/c1-15(2)19-8-6-7-9-22(19)31-14-23(29)28(17(5)24(30)27-16(3)4)13-18-10-11-20(25)21(26)12-18/h6-12,15-17H,13-14H2,1-5H3,(H,27,30)/t17-/m1/s1. The zero-order valence-corrected chi connectivity index (χ0v) is 20.1. The quantitative estimate of drug-likeness (QED) is 0.537. The molecule has 1 N–H and O–H groups in total. The lowest BCUT2D eigenvalue weighted by Crippen LogP contribution is -2.50. The van der Waals surface area contributed by atoms with Crippen molar-refractivity contribution in [2.75, 3.05) is 6.61 Å². The van der Waals surface area contributed by atoms with Crippen molar-refractivity contribution < 1.29 is 14.3 Å². The zero-order chi connectivity index (χ0) is 23.1. The van der Waals surface area contributed by atoms with Gasteiger partial charge >= 0.3 is 0 Å². The van der Waals surface area contributed by atoms with Gasteiger partial charge in [-0.25, -0.2) is 0 Å². The first-order valence-electron chi connectivity index (χ1n) is 10.4. The van der Waals surface area contributed by atoms with E-state index in [0.717, 1.165) is 11.1 Å². The Morgan fingerprint density at radius 1 is 1.00 bits per heavy atom. The van der Waals surface area contributed by atoms with E-state index in [1.807, 2.05) is 38.1 Å². The van der Waals surface area contributed by atoms with E-state index in [1.165, 1.54) is 4.90 Å². The van der Waals surface area contributed by atoms with Gasteiger partial charge < -0.3 is 15.0 Å². The Balaban J connectivity index is 2.23. The summed E-state index contributed by atoms with van der Waals surface area (Å²) >= 11 is 12.1. The average Bonchev–Trinajstić information content (AvgIpc) is 2.71. The van der Waals surface area contributed by atoms with Crippen LogP contribution in [0, 0.1) is 0 Å². The van der Waals surface area contributed by atoms with E-state index in [-0.39, 0.29) is 36.9 Å². The number of halogens is 2. The van der Waals surface area contributed by atoms with Crippen LogP contribution in [0.2, 0.25) is 10.0 Å². The molecular weight excluding hydrogens is 435 g/mol. The number of para-hydroxylation sites is 1. The number of nitrogens with zero attached hydrogens (tertiary/aromatic N) is 1. The summed E-state index contributed by atoms with van der Waals surface area (Å²) in [5.41, 5.74) is 1.80. The van der Waals surface area contributed by atoms with E-state index in [1.54, 1.807) is 25.1 Å². The van der Waals surface area contributed by atoms with Crippen LogP contribution in [0.1, 0.15) is 51.7 Å². The van der Waals surface area contributed by atoms with Crippen LogP contribution in [0.3, 0.4) is 0 Å². The van der Waals surface area contributed by atoms with Crippen LogP contribution in [0.5, 0.6) is 5.75 Å². The molecule has 0 heterocycles. The molecule has 0 aliphatic rings. The van der Waals surface area contributed by atoms with Gasteiger partial charge in [-0.3, -0.25) is 9.59 Å². The molecule has 0 radical (unpaired) electrons. The highest BCUT2D eigenvalue weighted by atomic mass is 35.5. The Morgan fingerprint density at radius 3 is 2.29 bits per heavy atom. The number of benzene rings is 2. The molecule has 0 saturated heterocycles. The fourth-order valence-corrected chi connectivity index (χ4v) is 3.45. The maximum atomic E-state index is 13.1. The van der Waals surface area contributed by atoms with E-state index in [9.17, 15) is 9.59 Å². The van der Waals surface area contributed by atoms with E-state index >= 15 is 0 Å². The first-order valence-corrected chi connectivity index (χ1v) is 11.1. The monoisotopic (exact) mass is 464 g/mol. The second-order valence-corrected chi connectivity index (χ2v) is 8.90. The number of amides is 2. The Hall–Kier alpha value is -2.24. The Labute approximate surface area is 194 Å². The molecule has 0 saturated carbocycles. The molecule has 0 unspecified atom stereocenters. The summed E-state index contributed by atoms with van der Waals surface area (Å²) < 4.78 is 5.86. The molecule has 0 spiro atoms. The third-order valence-corrected chi connectivity index (χ3v) is 5.57. The number of hydrogen-bond donors (Lipinski definition) is 1. The third-order valence-electron chi connectivity index (χ3n) is 4.83. The van der Waals surface area contributed by atoms with Crippen LogP contribution >= 0.6 is 23.2 Å². The van der Waals surface area contributed by atoms with Gasteiger partial charge in [0.15, 0.2) is 6.61 Å². The van der Waals surface area contributed by atoms with Crippen molar-refractivity contribution in [2.24, 2.45) is 0 Å². The van der Waals surface area contributed by atoms with Crippen molar-refractivity contribution in [1.82, 2.24) is 10.2 Å². The van der Waals surface area contributed by atoms with Crippen LogP contribution in [-0.2, 0) is 16.1 Å².